The SMILES string of the molecule is O=C(c1ccc2ccccc2c1)[C@H](O)[C@@H](O)[C@@H](O)[C@H](O)CO. The van der Waals surface area contributed by atoms with E-state index in [0.717, 1.165) is 10.8 Å². The second-order valence-corrected chi connectivity index (χ2v) is 5.10. The van der Waals surface area contributed by atoms with E-state index in [1.54, 1.807) is 18.2 Å². The molecule has 0 fully saturated rings. The number of fused-ring (bicyclic) bond motifs is 1. The highest BCUT2D eigenvalue weighted by Gasteiger charge is 2.34. The van der Waals surface area contributed by atoms with Crippen LogP contribution < -0.4 is 0 Å². The van der Waals surface area contributed by atoms with Crippen molar-refractivity contribution in [1.29, 1.82) is 0 Å². The van der Waals surface area contributed by atoms with Crippen molar-refractivity contribution in [2.45, 2.75) is 24.4 Å². The van der Waals surface area contributed by atoms with Gasteiger partial charge in [-0.15, -0.1) is 0 Å². The number of hydrogen-bond donors (Lipinski definition) is 5. The van der Waals surface area contributed by atoms with Gasteiger partial charge < -0.3 is 25.5 Å². The molecular weight excluding hydrogens is 288 g/mol. The molecule has 0 spiro atoms. The first-order chi connectivity index (χ1) is 10.5. The summed E-state index contributed by atoms with van der Waals surface area (Å²) < 4.78 is 0. The maximum Gasteiger partial charge on any atom is 0.194 e. The van der Waals surface area contributed by atoms with Gasteiger partial charge >= 0.3 is 0 Å². The minimum atomic E-state index is -1.91. The van der Waals surface area contributed by atoms with Gasteiger partial charge in [0.25, 0.3) is 0 Å². The van der Waals surface area contributed by atoms with Gasteiger partial charge in [0.15, 0.2) is 5.78 Å². The predicted molar refractivity (Wildman–Crippen MR) is 79.4 cm³/mol. The Hall–Kier alpha value is -1.83. The highest BCUT2D eigenvalue weighted by molar-refractivity contribution is 6.02. The zero-order valence-corrected chi connectivity index (χ0v) is 11.7. The summed E-state index contributed by atoms with van der Waals surface area (Å²) in [4.78, 5) is 12.2. The number of ketones is 1. The average Bonchev–Trinajstić information content (AvgIpc) is 2.57. The normalized spacial score (nSPS) is 17.0. The van der Waals surface area contributed by atoms with Crippen LogP contribution in [0.1, 0.15) is 10.4 Å². The number of hydrogen-bond acceptors (Lipinski definition) is 6. The molecule has 0 radical (unpaired) electrons. The van der Waals surface area contributed by atoms with E-state index < -0.39 is 36.8 Å². The second-order valence-electron chi connectivity index (χ2n) is 5.10. The Labute approximate surface area is 126 Å². The van der Waals surface area contributed by atoms with Crippen LogP contribution in [0.15, 0.2) is 42.5 Å². The molecule has 22 heavy (non-hydrogen) atoms. The molecule has 0 aromatic heterocycles. The van der Waals surface area contributed by atoms with Crippen LogP contribution in [-0.2, 0) is 0 Å². The first-order valence-electron chi connectivity index (χ1n) is 6.82. The van der Waals surface area contributed by atoms with Gasteiger partial charge in [-0.3, -0.25) is 4.79 Å². The number of aliphatic hydroxyl groups excluding tert-OH is 5. The zero-order chi connectivity index (χ0) is 16.3. The third-order valence-corrected chi connectivity index (χ3v) is 3.56. The van der Waals surface area contributed by atoms with Crippen LogP contribution in [0, 0.1) is 0 Å². The molecule has 0 aliphatic carbocycles. The van der Waals surface area contributed by atoms with Crippen molar-refractivity contribution in [2.24, 2.45) is 0 Å². The van der Waals surface area contributed by atoms with Crippen molar-refractivity contribution in [1.82, 2.24) is 0 Å². The lowest BCUT2D eigenvalue weighted by Gasteiger charge is -2.24. The Kier molecular flexibility index (Phi) is 5.23. The predicted octanol–water partition coefficient (Wildman–Crippen LogP) is -0.542. The molecule has 0 saturated carbocycles. The van der Waals surface area contributed by atoms with Crippen molar-refractivity contribution in [2.75, 3.05) is 6.61 Å². The molecule has 2 rings (SSSR count). The summed E-state index contributed by atoms with van der Waals surface area (Å²) >= 11 is 0. The highest BCUT2D eigenvalue weighted by atomic mass is 16.4. The molecule has 0 unspecified atom stereocenters. The molecule has 0 aliphatic rings. The lowest BCUT2D eigenvalue weighted by atomic mass is 9.95. The van der Waals surface area contributed by atoms with Crippen LogP contribution in [0.25, 0.3) is 10.8 Å². The van der Waals surface area contributed by atoms with E-state index in [4.69, 9.17) is 5.11 Å². The molecule has 0 aliphatic heterocycles. The van der Waals surface area contributed by atoms with E-state index in [1.807, 2.05) is 18.2 Å². The maximum atomic E-state index is 12.2. The van der Waals surface area contributed by atoms with Gasteiger partial charge in [0.2, 0.25) is 0 Å². The van der Waals surface area contributed by atoms with Crippen LogP contribution in [-0.4, -0.2) is 62.3 Å². The fraction of sp³-hybridized carbons (Fsp3) is 0.312. The first kappa shape index (κ1) is 16.5. The molecule has 5 N–H and O–H groups in total. The highest BCUT2D eigenvalue weighted by Crippen LogP contribution is 2.18. The van der Waals surface area contributed by atoms with E-state index >= 15 is 0 Å². The minimum absolute atomic E-state index is 0.177. The van der Waals surface area contributed by atoms with Gasteiger partial charge in [0.05, 0.1) is 6.61 Å². The lowest BCUT2D eigenvalue weighted by molar-refractivity contribution is -0.105. The molecule has 6 heteroatoms. The van der Waals surface area contributed by atoms with E-state index in [9.17, 15) is 25.2 Å². The van der Waals surface area contributed by atoms with Crippen LogP contribution in [0.2, 0.25) is 0 Å². The van der Waals surface area contributed by atoms with Gasteiger partial charge in [-0.1, -0.05) is 36.4 Å². The Morgan fingerprint density at radius 1 is 0.909 bits per heavy atom. The quantitative estimate of drug-likeness (QED) is 0.457. The zero-order valence-electron chi connectivity index (χ0n) is 11.7. The van der Waals surface area contributed by atoms with Gasteiger partial charge in [-0.2, -0.15) is 0 Å². The molecule has 0 bridgehead atoms. The average molecular weight is 306 g/mol. The van der Waals surface area contributed by atoms with Crippen LogP contribution in [0.3, 0.4) is 0 Å². The third kappa shape index (κ3) is 3.32. The van der Waals surface area contributed by atoms with Crippen molar-refractivity contribution >= 4 is 16.6 Å². The van der Waals surface area contributed by atoms with Crippen LogP contribution in [0.5, 0.6) is 0 Å². The van der Waals surface area contributed by atoms with E-state index in [2.05, 4.69) is 0 Å². The topological polar surface area (TPSA) is 118 Å². The van der Waals surface area contributed by atoms with E-state index in [0.29, 0.717) is 0 Å². The van der Waals surface area contributed by atoms with Crippen molar-refractivity contribution in [3.05, 3.63) is 48.0 Å². The Balaban J connectivity index is 2.21. The molecular formula is C16H18O6. The Morgan fingerprint density at radius 2 is 1.55 bits per heavy atom. The second kappa shape index (κ2) is 6.95. The molecule has 0 saturated heterocycles. The number of rotatable bonds is 6. The van der Waals surface area contributed by atoms with Gasteiger partial charge in [0.1, 0.15) is 24.4 Å². The number of benzene rings is 2. The van der Waals surface area contributed by atoms with Gasteiger partial charge in [0, 0.05) is 5.56 Å². The fourth-order valence-corrected chi connectivity index (χ4v) is 2.19. The summed E-state index contributed by atoms with van der Waals surface area (Å²) in [5, 5.41) is 48.9. The third-order valence-electron chi connectivity index (χ3n) is 3.56. The van der Waals surface area contributed by atoms with Crippen molar-refractivity contribution in [3.63, 3.8) is 0 Å². The van der Waals surface area contributed by atoms with Crippen molar-refractivity contribution < 1.29 is 30.3 Å². The first-order valence-corrected chi connectivity index (χ1v) is 6.82. The molecule has 6 nitrogen and oxygen atoms in total. The van der Waals surface area contributed by atoms with Gasteiger partial charge in [-0.25, -0.2) is 0 Å². The number of carbonyl (C=O) groups excluding carboxylic acids is 1. The monoisotopic (exact) mass is 306 g/mol. The largest absolute Gasteiger partial charge is 0.394 e. The van der Waals surface area contributed by atoms with Crippen LogP contribution >= 0.6 is 0 Å². The van der Waals surface area contributed by atoms with Crippen LogP contribution in [0.4, 0.5) is 0 Å². The molecule has 2 aromatic carbocycles. The molecule has 0 amide bonds. The minimum Gasteiger partial charge on any atom is -0.394 e. The molecule has 118 valence electrons. The van der Waals surface area contributed by atoms with Gasteiger partial charge in [-0.05, 0) is 16.8 Å². The summed E-state index contributed by atoms with van der Waals surface area (Å²) in [6.07, 6.45) is -7.28. The maximum absolute atomic E-state index is 12.2. The summed E-state index contributed by atoms with van der Waals surface area (Å²) in [5.74, 6) is -0.776. The fourth-order valence-electron chi connectivity index (χ4n) is 2.19. The number of carbonyl (C=O) groups is 1. The Morgan fingerprint density at radius 3 is 2.18 bits per heavy atom. The standard InChI is InChI=1S/C16H18O6/c17-8-12(18)14(20)16(22)15(21)13(19)11-6-5-9-3-1-2-4-10(9)7-11/h1-7,12,14-18,20-22H,8H2/t12-,14+,15+,16+/m1/s1. The molecule has 4 atom stereocenters. The Bertz CT molecular complexity index is 656. The molecule has 0 heterocycles. The number of aliphatic hydroxyl groups is 5. The smallest absolute Gasteiger partial charge is 0.194 e. The van der Waals surface area contributed by atoms with E-state index in [-0.39, 0.29) is 5.56 Å². The number of Topliss-reactive ketones (excluding diaryl/α,β-unsaturated/α-hetero) is 1. The molecule has 2 aromatic rings. The summed E-state index contributed by atoms with van der Waals surface area (Å²) in [5.41, 5.74) is 0.177. The summed E-state index contributed by atoms with van der Waals surface area (Å²) in [6, 6.07) is 12.1. The van der Waals surface area contributed by atoms with E-state index in [1.165, 1.54) is 6.07 Å². The summed E-state index contributed by atoms with van der Waals surface area (Å²) in [6.45, 7) is -0.797. The van der Waals surface area contributed by atoms with Crippen molar-refractivity contribution in [3.8, 4) is 0 Å². The summed E-state index contributed by atoms with van der Waals surface area (Å²) in [7, 11) is 0. The lowest BCUT2D eigenvalue weighted by Crippen LogP contribution is -2.48.